The predicted molar refractivity (Wildman–Crippen MR) is 167 cm³/mol. The summed E-state index contributed by atoms with van der Waals surface area (Å²) in [4.78, 5) is 29.2. The molecular formula is C30H34Cl3N3O4S. The number of nitrogens with one attached hydrogen (secondary N) is 1. The Kier molecular flexibility index (Phi) is 11.9. The standard InChI is InChI=1S/C30H34Cl3N3O4S/c1-4-5-15-34-30(38)28(17-22-9-7-6-8-10-22)35(19-23-12-14-25(32)26(33)16-23)29(37)20-36(41(3,39)40)27-18-24(31)13-11-21(27)2/h6-14,16,18,28H,4-5,15,17,19-20H2,1-3H3,(H,34,38)/t28-/m1/s1. The number of carbonyl (C=O) groups is 2. The number of anilines is 1. The van der Waals surface area contributed by atoms with Gasteiger partial charge in [0, 0.05) is 24.5 Å². The first kappa shape index (κ1) is 32.7. The van der Waals surface area contributed by atoms with Crippen LogP contribution in [-0.4, -0.2) is 50.5 Å². The van der Waals surface area contributed by atoms with Crippen molar-refractivity contribution in [1.82, 2.24) is 10.2 Å². The highest BCUT2D eigenvalue weighted by molar-refractivity contribution is 7.92. The summed E-state index contributed by atoms with van der Waals surface area (Å²) in [5.74, 6) is -0.895. The lowest BCUT2D eigenvalue weighted by molar-refractivity contribution is -0.140. The number of carbonyl (C=O) groups excluding carboxylic acids is 2. The molecule has 0 aliphatic heterocycles. The first-order valence-electron chi connectivity index (χ1n) is 13.2. The molecule has 1 N–H and O–H groups in total. The second-order valence-corrected chi connectivity index (χ2v) is 13.0. The van der Waals surface area contributed by atoms with E-state index in [1.807, 2.05) is 37.3 Å². The number of nitrogens with zero attached hydrogens (tertiary/aromatic N) is 2. The SMILES string of the molecule is CCCCNC(=O)[C@@H](Cc1ccccc1)N(Cc1ccc(Cl)c(Cl)c1)C(=O)CN(c1cc(Cl)ccc1C)S(C)(=O)=O. The molecule has 3 aromatic rings. The Balaban J connectivity index is 2.08. The summed E-state index contributed by atoms with van der Waals surface area (Å²) in [5, 5.41) is 3.93. The highest BCUT2D eigenvalue weighted by Crippen LogP contribution is 2.28. The molecule has 0 aromatic heterocycles. The maximum Gasteiger partial charge on any atom is 0.244 e. The van der Waals surface area contributed by atoms with Gasteiger partial charge in [0.05, 0.1) is 22.0 Å². The van der Waals surface area contributed by atoms with Crippen LogP contribution in [0.3, 0.4) is 0 Å². The normalized spacial score (nSPS) is 12.0. The van der Waals surface area contributed by atoms with Crippen molar-refractivity contribution in [1.29, 1.82) is 0 Å². The van der Waals surface area contributed by atoms with Crippen LogP contribution < -0.4 is 9.62 Å². The quantitative estimate of drug-likeness (QED) is 0.223. The van der Waals surface area contributed by atoms with Crippen molar-refractivity contribution in [2.45, 2.75) is 45.7 Å². The summed E-state index contributed by atoms with van der Waals surface area (Å²) in [7, 11) is -3.91. The maximum atomic E-state index is 14.1. The number of hydrogen-bond acceptors (Lipinski definition) is 4. The fourth-order valence-electron chi connectivity index (χ4n) is 4.34. The first-order valence-corrected chi connectivity index (χ1v) is 16.2. The number of sulfonamides is 1. The van der Waals surface area contributed by atoms with Gasteiger partial charge in [0.1, 0.15) is 12.6 Å². The largest absolute Gasteiger partial charge is 0.354 e. The van der Waals surface area contributed by atoms with Crippen LogP contribution in [0.5, 0.6) is 0 Å². The second-order valence-electron chi connectivity index (χ2n) is 9.82. The molecule has 0 bridgehead atoms. The Labute approximate surface area is 257 Å². The van der Waals surface area contributed by atoms with Crippen LogP contribution in [0.25, 0.3) is 0 Å². The number of rotatable bonds is 13. The molecular weight excluding hydrogens is 605 g/mol. The lowest BCUT2D eigenvalue weighted by Crippen LogP contribution is -2.53. The van der Waals surface area contributed by atoms with E-state index in [0.29, 0.717) is 32.7 Å². The molecule has 0 aliphatic rings. The highest BCUT2D eigenvalue weighted by Gasteiger charge is 2.33. The van der Waals surface area contributed by atoms with E-state index in [0.717, 1.165) is 29.0 Å². The lowest BCUT2D eigenvalue weighted by Gasteiger charge is -2.34. The molecule has 0 aliphatic carbocycles. The van der Waals surface area contributed by atoms with Crippen LogP contribution in [0.2, 0.25) is 15.1 Å². The second kappa shape index (κ2) is 14.9. The van der Waals surface area contributed by atoms with Gasteiger partial charge in [-0.2, -0.15) is 0 Å². The van der Waals surface area contributed by atoms with Gasteiger partial charge in [0.25, 0.3) is 0 Å². The van der Waals surface area contributed by atoms with Crippen LogP contribution in [0.1, 0.15) is 36.5 Å². The van der Waals surface area contributed by atoms with Gasteiger partial charge in [0.2, 0.25) is 21.8 Å². The Bertz CT molecular complexity index is 1470. The summed E-state index contributed by atoms with van der Waals surface area (Å²) >= 11 is 18.6. The average molecular weight is 639 g/mol. The first-order chi connectivity index (χ1) is 19.4. The van der Waals surface area contributed by atoms with Gasteiger partial charge in [-0.1, -0.05) is 90.6 Å². The Morgan fingerprint density at radius 3 is 2.27 bits per heavy atom. The monoisotopic (exact) mass is 637 g/mol. The van der Waals surface area contributed by atoms with E-state index in [1.165, 1.54) is 11.0 Å². The van der Waals surface area contributed by atoms with E-state index in [1.54, 1.807) is 37.3 Å². The maximum absolute atomic E-state index is 14.1. The van der Waals surface area contributed by atoms with Crippen LogP contribution in [0.15, 0.2) is 66.7 Å². The third-order valence-electron chi connectivity index (χ3n) is 6.56. The van der Waals surface area contributed by atoms with Crippen molar-refractivity contribution >= 4 is 62.3 Å². The molecule has 7 nitrogen and oxygen atoms in total. The fraction of sp³-hybridized carbons (Fsp3) is 0.333. The van der Waals surface area contributed by atoms with Crippen molar-refractivity contribution in [3.05, 3.63) is 98.5 Å². The van der Waals surface area contributed by atoms with E-state index in [9.17, 15) is 18.0 Å². The molecule has 220 valence electrons. The number of benzene rings is 3. The Morgan fingerprint density at radius 1 is 0.927 bits per heavy atom. The molecule has 3 aromatic carbocycles. The van der Waals surface area contributed by atoms with Crippen LogP contribution in [0, 0.1) is 6.92 Å². The lowest BCUT2D eigenvalue weighted by atomic mass is 10.0. The van der Waals surface area contributed by atoms with Crippen LogP contribution in [0.4, 0.5) is 5.69 Å². The average Bonchev–Trinajstić information content (AvgIpc) is 2.92. The van der Waals surface area contributed by atoms with Crippen molar-refractivity contribution in [3.63, 3.8) is 0 Å². The minimum atomic E-state index is -3.91. The highest BCUT2D eigenvalue weighted by atomic mass is 35.5. The summed E-state index contributed by atoms with van der Waals surface area (Å²) in [5.41, 5.74) is 2.40. The van der Waals surface area contributed by atoms with Crippen molar-refractivity contribution in [2.75, 3.05) is 23.7 Å². The third-order valence-corrected chi connectivity index (χ3v) is 8.66. The zero-order valence-electron chi connectivity index (χ0n) is 23.2. The fourth-order valence-corrected chi connectivity index (χ4v) is 5.73. The van der Waals surface area contributed by atoms with Gasteiger partial charge in [-0.15, -0.1) is 0 Å². The molecule has 0 spiro atoms. The summed E-state index contributed by atoms with van der Waals surface area (Å²) in [6, 6.07) is 18.2. The van der Waals surface area contributed by atoms with Gasteiger partial charge >= 0.3 is 0 Å². The van der Waals surface area contributed by atoms with Gasteiger partial charge in [-0.3, -0.25) is 13.9 Å². The van der Waals surface area contributed by atoms with Gasteiger partial charge in [0.15, 0.2) is 0 Å². The van der Waals surface area contributed by atoms with E-state index in [2.05, 4.69) is 5.32 Å². The van der Waals surface area contributed by atoms with Crippen molar-refractivity contribution in [3.8, 4) is 0 Å². The van der Waals surface area contributed by atoms with Crippen LogP contribution >= 0.6 is 34.8 Å². The molecule has 11 heteroatoms. The summed E-state index contributed by atoms with van der Waals surface area (Å²) < 4.78 is 26.9. The van der Waals surface area contributed by atoms with Gasteiger partial charge < -0.3 is 10.2 Å². The smallest absolute Gasteiger partial charge is 0.244 e. The molecule has 0 unspecified atom stereocenters. The molecule has 2 amide bonds. The van der Waals surface area contributed by atoms with Crippen molar-refractivity contribution < 1.29 is 18.0 Å². The number of amides is 2. The zero-order valence-corrected chi connectivity index (χ0v) is 26.3. The molecule has 0 saturated heterocycles. The van der Waals surface area contributed by atoms with Gasteiger partial charge in [-0.25, -0.2) is 8.42 Å². The van der Waals surface area contributed by atoms with E-state index in [-0.39, 0.29) is 24.6 Å². The minimum absolute atomic E-state index is 0.000546. The van der Waals surface area contributed by atoms with E-state index >= 15 is 0 Å². The third kappa shape index (κ3) is 9.36. The minimum Gasteiger partial charge on any atom is -0.354 e. The van der Waals surface area contributed by atoms with E-state index < -0.39 is 28.5 Å². The van der Waals surface area contributed by atoms with Crippen LogP contribution in [-0.2, 0) is 32.6 Å². The van der Waals surface area contributed by atoms with Gasteiger partial charge in [-0.05, 0) is 54.3 Å². The van der Waals surface area contributed by atoms with Crippen molar-refractivity contribution in [2.24, 2.45) is 0 Å². The zero-order chi connectivity index (χ0) is 30.2. The predicted octanol–water partition coefficient (Wildman–Crippen LogP) is 6.28. The molecule has 0 radical (unpaired) electrons. The molecule has 0 fully saturated rings. The number of unbranched alkanes of at least 4 members (excludes halogenated alkanes) is 1. The number of halogens is 3. The molecule has 3 rings (SSSR count). The molecule has 1 atom stereocenters. The molecule has 0 saturated carbocycles. The molecule has 41 heavy (non-hydrogen) atoms. The summed E-state index contributed by atoms with van der Waals surface area (Å²) in [6.45, 7) is 3.68. The molecule has 0 heterocycles. The number of hydrogen-bond donors (Lipinski definition) is 1. The van der Waals surface area contributed by atoms with E-state index in [4.69, 9.17) is 34.8 Å². The summed E-state index contributed by atoms with van der Waals surface area (Å²) in [6.07, 6.45) is 2.92. The number of aryl methyl sites for hydroxylation is 1. The Hall–Kier alpha value is -2.78. The Morgan fingerprint density at radius 2 is 1.63 bits per heavy atom. The topological polar surface area (TPSA) is 86.8 Å².